The van der Waals surface area contributed by atoms with Crippen molar-refractivity contribution in [2.75, 3.05) is 6.54 Å². The van der Waals surface area contributed by atoms with Gasteiger partial charge in [-0.1, -0.05) is 12.8 Å². The van der Waals surface area contributed by atoms with Crippen LogP contribution < -0.4 is 0 Å². The summed E-state index contributed by atoms with van der Waals surface area (Å²) < 4.78 is 0. The lowest BCUT2D eigenvalue weighted by Crippen LogP contribution is -2.32. The minimum atomic E-state index is 0.570. The van der Waals surface area contributed by atoms with Crippen LogP contribution in [0.25, 0.3) is 0 Å². The summed E-state index contributed by atoms with van der Waals surface area (Å²) in [5.41, 5.74) is 1.35. The molecule has 1 aliphatic carbocycles. The highest BCUT2D eigenvalue weighted by Gasteiger charge is 2.22. The highest BCUT2D eigenvalue weighted by atomic mass is 32.1. The summed E-state index contributed by atoms with van der Waals surface area (Å²) >= 11 is 1.73. The van der Waals surface area contributed by atoms with Gasteiger partial charge in [0.25, 0.3) is 0 Å². The standard InChI is InChI=1S/C12H16N2S/c13-6-7-14(12-3-1-2-4-12)9-11-5-8-15-10-11/h5,8,10,12H,1-4,7,9H2. The first-order chi connectivity index (χ1) is 7.40. The smallest absolute Gasteiger partial charge is 0.0871 e. The van der Waals surface area contributed by atoms with Crippen LogP contribution in [0, 0.1) is 11.3 Å². The average Bonchev–Trinajstić information content (AvgIpc) is 2.89. The molecule has 1 aliphatic rings. The van der Waals surface area contributed by atoms with Crippen molar-refractivity contribution in [1.29, 1.82) is 5.26 Å². The van der Waals surface area contributed by atoms with E-state index in [4.69, 9.17) is 5.26 Å². The quantitative estimate of drug-likeness (QED) is 0.729. The molecule has 0 bridgehead atoms. The first kappa shape index (κ1) is 10.7. The molecule has 1 saturated carbocycles. The number of rotatable bonds is 4. The first-order valence-electron chi connectivity index (χ1n) is 5.52. The summed E-state index contributed by atoms with van der Waals surface area (Å²) in [6.45, 7) is 1.52. The molecule has 80 valence electrons. The van der Waals surface area contributed by atoms with Crippen molar-refractivity contribution in [2.45, 2.75) is 38.3 Å². The maximum absolute atomic E-state index is 8.84. The highest BCUT2D eigenvalue weighted by molar-refractivity contribution is 7.07. The fourth-order valence-electron chi connectivity index (χ4n) is 2.29. The van der Waals surface area contributed by atoms with Crippen molar-refractivity contribution >= 4 is 11.3 Å². The van der Waals surface area contributed by atoms with Crippen molar-refractivity contribution in [3.8, 4) is 6.07 Å². The topological polar surface area (TPSA) is 27.0 Å². The molecule has 2 nitrogen and oxygen atoms in total. The Morgan fingerprint density at radius 3 is 2.87 bits per heavy atom. The maximum atomic E-state index is 8.84. The second-order valence-corrected chi connectivity index (χ2v) is 4.91. The van der Waals surface area contributed by atoms with Gasteiger partial charge in [-0.05, 0) is 35.2 Å². The Bertz CT molecular complexity index is 320. The Balaban J connectivity index is 1.96. The second-order valence-electron chi connectivity index (χ2n) is 4.13. The lowest BCUT2D eigenvalue weighted by molar-refractivity contribution is 0.214. The van der Waals surface area contributed by atoms with E-state index in [2.05, 4.69) is 27.8 Å². The molecule has 1 heterocycles. The van der Waals surface area contributed by atoms with E-state index in [1.807, 2.05) is 0 Å². The molecule has 3 heteroatoms. The van der Waals surface area contributed by atoms with Gasteiger partial charge in [-0.15, -0.1) is 0 Å². The van der Waals surface area contributed by atoms with E-state index >= 15 is 0 Å². The molecule has 0 radical (unpaired) electrons. The fraction of sp³-hybridized carbons (Fsp3) is 0.583. The number of hydrogen-bond donors (Lipinski definition) is 0. The monoisotopic (exact) mass is 220 g/mol. The molecule has 0 amide bonds. The maximum Gasteiger partial charge on any atom is 0.0871 e. The van der Waals surface area contributed by atoms with Gasteiger partial charge in [-0.3, -0.25) is 4.90 Å². The van der Waals surface area contributed by atoms with Crippen molar-refractivity contribution in [2.24, 2.45) is 0 Å². The molecule has 1 aromatic heterocycles. The summed E-state index contributed by atoms with van der Waals surface area (Å²) in [6, 6.07) is 5.09. The molecule has 0 aliphatic heterocycles. The third-order valence-corrected chi connectivity index (χ3v) is 3.81. The van der Waals surface area contributed by atoms with Gasteiger partial charge in [0, 0.05) is 12.6 Å². The van der Waals surface area contributed by atoms with Crippen molar-refractivity contribution in [3.05, 3.63) is 22.4 Å². The third kappa shape index (κ3) is 2.80. The molecule has 0 unspecified atom stereocenters. The van der Waals surface area contributed by atoms with Crippen LogP contribution in [-0.2, 0) is 6.54 Å². The molecule has 15 heavy (non-hydrogen) atoms. The lowest BCUT2D eigenvalue weighted by Gasteiger charge is -2.25. The van der Waals surface area contributed by atoms with Crippen LogP contribution in [0.5, 0.6) is 0 Å². The summed E-state index contributed by atoms with van der Waals surface area (Å²) in [5.74, 6) is 0. The highest BCUT2D eigenvalue weighted by Crippen LogP contribution is 2.24. The normalized spacial score (nSPS) is 17.1. The van der Waals surface area contributed by atoms with Crippen LogP contribution in [0.15, 0.2) is 16.8 Å². The van der Waals surface area contributed by atoms with Crippen molar-refractivity contribution < 1.29 is 0 Å². The first-order valence-corrected chi connectivity index (χ1v) is 6.46. The molecule has 0 spiro atoms. The largest absolute Gasteiger partial charge is 0.283 e. The Morgan fingerprint density at radius 1 is 1.47 bits per heavy atom. The van der Waals surface area contributed by atoms with E-state index < -0.39 is 0 Å². The average molecular weight is 220 g/mol. The summed E-state index contributed by atoms with van der Waals surface area (Å²) in [6.07, 6.45) is 5.20. The number of thiophene rings is 1. The van der Waals surface area contributed by atoms with Crippen LogP contribution in [0.3, 0.4) is 0 Å². The Labute approximate surface area is 95.1 Å². The fourth-order valence-corrected chi connectivity index (χ4v) is 2.95. The van der Waals surface area contributed by atoms with E-state index in [1.165, 1.54) is 31.2 Å². The zero-order chi connectivity index (χ0) is 10.5. The zero-order valence-corrected chi connectivity index (χ0v) is 9.67. The molecule has 0 atom stereocenters. The molecule has 1 aromatic rings. The Hall–Kier alpha value is -0.850. The Kier molecular flexibility index (Phi) is 3.76. The minimum Gasteiger partial charge on any atom is -0.283 e. The van der Waals surface area contributed by atoms with E-state index in [-0.39, 0.29) is 0 Å². The van der Waals surface area contributed by atoms with Gasteiger partial charge >= 0.3 is 0 Å². The van der Waals surface area contributed by atoms with Crippen LogP contribution in [-0.4, -0.2) is 17.5 Å². The van der Waals surface area contributed by atoms with Gasteiger partial charge in [0.05, 0.1) is 12.6 Å². The molecule has 0 N–H and O–H groups in total. The number of hydrogen-bond acceptors (Lipinski definition) is 3. The van der Waals surface area contributed by atoms with Crippen molar-refractivity contribution in [1.82, 2.24) is 4.90 Å². The van der Waals surface area contributed by atoms with Gasteiger partial charge in [-0.25, -0.2) is 0 Å². The molecule has 2 rings (SSSR count). The van der Waals surface area contributed by atoms with E-state index in [9.17, 15) is 0 Å². The van der Waals surface area contributed by atoms with Crippen LogP contribution in [0.4, 0.5) is 0 Å². The summed E-state index contributed by atoms with van der Waals surface area (Å²) in [4.78, 5) is 2.33. The SMILES string of the molecule is N#CCN(Cc1ccsc1)C1CCCC1. The second kappa shape index (κ2) is 5.29. The molecular formula is C12H16N2S. The Morgan fingerprint density at radius 2 is 2.27 bits per heavy atom. The predicted molar refractivity (Wildman–Crippen MR) is 62.6 cm³/mol. The molecule has 1 fully saturated rings. The molecule has 0 saturated heterocycles. The summed E-state index contributed by atoms with van der Waals surface area (Å²) in [7, 11) is 0. The lowest BCUT2D eigenvalue weighted by atomic mass is 10.2. The van der Waals surface area contributed by atoms with Crippen LogP contribution in [0.2, 0.25) is 0 Å². The van der Waals surface area contributed by atoms with Crippen LogP contribution >= 0.6 is 11.3 Å². The number of nitriles is 1. The van der Waals surface area contributed by atoms with Gasteiger partial charge in [0.15, 0.2) is 0 Å². The summed E-state index contributed by atoms with van der Waals surface area (Å²) in [5, 5.41) is 13.1. The van der Waals surface area contributed by atoms with Gasteiger partial charge in [0.2, 0.25) is 0 Å². The number of nitrogens with zero attached hydrogens (tertiary/aromatic N) is 2. The predicted octanol–water partition coefficient (Wildman–Crippen LogP) is 3.02. The molecular weight excluding hydrogens is 204 g/mol. The third-order valence-electron chi connectivity index (χ3n) is 3.08. The molecule has 0 aromatic carbocycles. The van der Waals surface area contributed by atoms with E-state index in [1.54, 1.807) is 11.3 Å². The minimum absolute atomic E-state index is 0.570. The van der Waals surface area contributed by atoms with Gasteiger partial charge < -0.3 is 0 Å². The van der Waals surface area contributed by atoms with Gasteiger partial charge in [0.1, 0.15) is 0 Å². The van der Waals surface area contributed by atoms with Crippen LogP contribution in [0.1, 0.15) is 31.2 Å². The van der Waals surface area contributed by atoms with Gasteiger partial charge in [-0.2, -0.15) is 16.6 Å². The van der Waals surface area contributed by atoms with Crippen molar-refractivity contribution in [3.63, 3.8) is 0 Å². The van der Waals surface area contributed by atoms with E-state index in [0.29, 0.717) is 12.6 Å². The van der Waals surface area contributed by atoms with E-state index in [0.717, 1.165) is 6.54 Å². The zero-order valence-electron chi connectivity index (χ0n) is 8.85.